The van der Waals surface area contributed by atoms with E-state index in [9.17, 15) is 0 Å². The van der Waals surface area contributed by atoms with E-state index in [1.54, 1.807) is 7.11 Å². The molecule has 3 heteroatoms. The molecule has 1 aliphatic rings. The molecule has 0 bridgehead atoms. The predicted molar refractivity (Wildman–Crippen MR) is 68.8 cm³/mol. The topological polar surface area (TPSA) is 24.5 Å². The Labute approximate surface area is 101 Å². The highest BCUT2D eigenvalue weighted by atomic mass is 16.5. The summed E-state index contributed by atoms with van der Waals surface area (Å²) in [7, 11) is 1.78. The van der Waals surface area contributed by atoms with Crippen molar-refractivity contribution in [2.75, 3.05) is 33.4 Å². The Morgan fingerprint density at radius 1 is 1.44 bits per heavy atom. The van der Waals surface area contributed by atoms with Crippen molar-refractivity contribution < 1.29 is 4.74 Å². The predicted octanol–water partition coefficient (Wildman–Crippen LogP) is 1.88. The molecule has 16 heavy (non-hydrogen) atoms. The van der Waals surface area contributed by atoms with Gasteiger partial charge in [-0.1, -0.05) is 6.92 Å². The van der Waals surface area contributed by atoms with Crippen LogP contribution in [0.1, 0.15) is 40.0 Å². The number of hydrogen-bond acceptors (Lipinski definition) is 3. The second kappa shape index (κ2) is 6.58. The summed E-state index contributed by atoms with van der Waals surface area (Å²) in [6.45, 7) is 11.1. The largest absolute Gasteiger partial charge is 0.383 e. The van der Waals surface area contributed by atoms with E-state index in [0.29, 0.717) is 11.6 Å². The van der Waals surface area contributed by atoms with Crippen LogP contribution in [0.25, 0.3) is 0 Å². The number of ether oxygens (including phenoxy) is 1. The van der Waals surface area contributed by atoms with Crippen LogP contribution in [0.15, 0.2) is 0 Å². The van der Waals surface area contributed by atoms with Gasteiger partial charge in [0.15, 0.2) is 0 Å². The molecule has 1 aliphatic heterocycles. The van der Waals surface area contributed by atoms with Crippen molar-refractivity contribution >= 4 is 0 Å². The summed E-state index contributed by atoms with van der Waals surface area (Å²) in [4.78, 5) is 2.53. The minimum atomic E-state index is 0.359. The Kier molecular flexibility index (Phi) is 5.73. The van der Waals surface area contributed by atoms with Crippen LogP contribution in [-0.4, -0.2) is 49.8 Å². The maximum absolute atomic E-state index is 5.19. The van der Waals surface area contributed by atoms with Crippen molar-refractivity contribution in [3.63, 3.8) is 0 Å². The Hall–Kier alpha value is -0.120. The number of nitrogens with one attached hydrogen (secondary N) is 1. The summed E-state index contributed by atoms with van der Waals surface area (Å²) in [5, 5.41) is 3.70. The van der Waals surface area contributed by atoms with Crippen LogP contribution in [0.2, 0.25) is 0 Å². The normalized spacial score (nSPS) is 25.9. The average Bonchev–Trinajstić information content (AvgIpc) is 2.73. The molecule has 0 aromatic carbocycles. The lowest BCUT2D eigenvalue weighted by atomic mass is 9.93. The summed E-state index contributed by atoms with van der Waals surface area (Å²) in [5.41, 5.74) is 0.359. The fourth-order valence-electron chi connectivity index (χ4n) is 2.53. The molecule has 0 amide bonds. The Balaban J connectivity index is 2.51. The van der Waals surface area contributed by atoms with E-state index < -0.39 is 0 Å². The summed E-state index contributed by atoms with van der Waals surface area (Å²) >= 11 is 0. The Morgan fingerprint density at radius 2 is 2.19 bits per heavy atom. The third-order valence-electron chi connectivity index (χ3n) is 3.83. The molecule has 0 saturated carbocycles. The highest BCUT2D eigenvalue weighted by Gasteiger charge is 2.33. The zero-order chi connectivity index (χ0) is 12.0. The molecule has 1 N–H and O–H groups in total. The van der Waals surface area contributed by atoms with Crippen molar-refractivity contribution in [2.45, 2.75) is 51.6 Å². The molecule has 0 spiro atoms. The van der Waals surface area contributed by atoms with Crippen molar-refractivity contribution in [2.24, 2.45) is 0 Å². The highest BCUT2D eigenvalue weighted by molar-refractivity contribution is 4.94. The fraction of sp³-hybridized carbons (Fsp3) is 1.00. The van der Waals surface area contributed by atoms with Crippen molar-refractivity contribution in [1.29, 1.82) is 0 Å². The first-order valence-electron chi connectivity index (χ1n) is 6.61. The molecule has 1 heterocycles. The zero-order valence-corrected chi connectivity index (χ0v) is 11.4. The van der Waals surface area contributed by atoms with Gasteiger partial charge in [-0.3, -0.25) is 4.90 Å². The van der Waals surface area contributed by atoms with E-state index in [1.807, 2.05) is 0 Å². The number of rotatable bonds is 7. The van der Waals surface area contributed by atoms with Crippen LogP contribution in [-0.2, 0) is 4.74 Å². The van der Waals surface area contributed by atoms with Gasteiger partial charge in [-0.15, -0.1) is 0 Å². The molecule has 0 radical (unpaired) electrons. The van der Waals surface area contributed by atoms with Crippen molar-refractivity contribution in [1.82, 2.24) is 10.2 Å². The van der Waals surface area contributed by atoms with Gasteiger partial charge in [0.25, 0.3) is 0 Å². The molecule has 1 fully saturated rings. The molecule has 1 rings (SSSR count). The van der Waals surface area contributed by atoms with Gasteiger partial charge in [-0.05, 0) is 39.7 Å². The molecule has 1 saturated heterocycles. The molecule has 3 nitrogen and oxygen atoms in total. The van der Waals surface area contributed by atoms with Gasteiger partial charge >= 0.3 is 0 Å². The first-order chi connectivity index (χ1) is 7.63. The number of nitrogens with zero attached hydrogens (tertiary/aromatic N) is 1. The average molecular weight is 228 g/mol. The Morgan fingerprint density at radius 3 is 2.62 bits per heavy atom. The van der Waals surface area contributed by atoms with E-state index >= 15 is 0 Å². The van der Waals surface area contributed by atoms with Gasteiger partial charge in [0.05, 0.1) is 6.61 Å². The third kappa shape index (κ3) is 3.72. The van der Waals surface area contributed by atoms with E-state index in [0.717, 1.165) is 19.7 Å². The van der Waals surface area contributed by atoms with Gasteiger partial charge in [-0.25, -0.2) is 0 Å². The quantitative estimate of drug-likeness (QED) is 0.720. The summed E-state index contributed by atoms with van der Waals surface area (Å²) in [5.74, 6) is 0. The van der Waals surface area contributed by atoms with Gasteiger partial charge < -0.3 is 10.1 Å². The van der Waals surface area contributed by atoms with Gasteiger partial charge in [0.1, 0.15) is 0 Å². The minimum absolute atomic E-state index is 0.359. The summed E-state index contributed by atoms with van der Waals surface area (Å²) < 4.78 is 5.19. The molecule has 1 atom stereocenters. The maximum atomic E-state index is 5.19. The molecular weight excluding hydrogens is 200 g/mol. The Bertz CT molecular complexity index is 188. The maximum Gasteiger partial charge on any atom is 0.0589 e. The first-order valence-corrected chi connectivity index (χ1v) is 6.61. The van der Waals surface area contributed by atoms with Crippen LogP contribution in [0.4, 0.5) is 0 Å². The fourth-order valence-corrected chi connectivity index (χ4v) is 2.53. The lowest BCUT2D eigenvalue weighted by Gasteiger charge is -2.37. The van der Waals surface area contributed by atoms with Crippen molar-refractivity contribution in [3.05, 3.63) is 0 Å². The molecular formula is C13H28N2O. The second-order valence-electron chi connectivity index (χ2n) is 5.22. The molecule has 0 aliphatic carbocycles. The standard InChI is InChI=1S/C13H28N2O/c1-5-13(7-6-8-14-13)11-15(12(2)3)9-10-16-4/h12,14H,5-11H2,1-4H3. The third-order valence-corrected chi connectivity index (χ3v) is 3.83. The zero-order valence-electron chi connectivity index (χ0n) is 11.4. The molecule has 96 valence electrons. The van der Waals surface area contributed by atoms with Crippen LogP contribution in [0.3, 0.4) is 0 Å². The number of hydrogen-bond donors (Lipinski definition) is 1. The lowest BCUT2D eigenvalue weighted by Crippen LogP contribution is -2.52. The molecule has 1 unspecified atom stereocenters. The summed E-state index contributed by atoms with van der Waals surface area (Å²) in [6, 6.07) is 0.598. The minimum Gasteiger partial charge on any atom is -0.383 e. The first kappa shape index (κ1) is 13.9. The van der Waals surface area contributed by atoms with E-state index in [1.165, 1.54) is 25.8 Å². The van der Waals surface area contributed by atoms with Crippen LogP contribution in [0.5, 0.6) is 0 Å². The SMILES string of the molecule is CCC1(CN(CCOC)C(C)C)CCCN1. The lowest BCUT2D eigenvalue weighted by molar-refractivity contribution is 0.103. The van der Waals surface area contributed by atoms with E-state index in [2.05, 4.69) is 31.0 Å². The van der Waals surface area contributed by atoms with Gasteiger partial charge in [-0.2, -0.15) is 0 Å². The van der Waals surface area contributed by atoms with E-state index in [-0.39, 0.29) is 0 Å². The van der Waals surface area contributed by atoms with Crippen LogP contribution >= 0.6 is 0 Å². The second-order valence-corrected chi connectivity index (χ2v) is 5.22. The van der Waals surface area contributed by atoms with E-state index in [4.69, 9.17) is 4.74 Å². The van der Waals surface area contributed by atoms with Crippen LogP contribution < -0.4 is 5.32 Å². The monoisotopic (exact) mass is 228 g/mol. The van der Waals surface area contributed by atoms with Crippen LogP contribution in [0, 0.1) is 0 Å². The van der Waals surface area contributed by atoms with Crippen molar-refractivity contribution in [3.8, 4) is 0 Å². The smallest absolute Gasteiger partial charge is 0.0589 e. The van der Waals surface area contributed by atoms with Gasteiger partial charge in [0, 0.05) is 31.8 Å². The molecule has 0 aromatic rings. The molecule has 0 aromatic heterocycles. The highest BCUT2D eigenvalue weighted by Crippen LogP contribution is 2.24. The summed E-state index contributed by atoms with van der Waals surface area (Å²) in [6.07, 6.45) is 3.87. The van der Waals surface area contributed by atoms with Gasteiger partial charge in [0.2, 0.25) is 0 Å². The number of methoxy groups -OCH3 is 1.